The maximum atomic E-state index is 3.48. The fraction of sp³-hybridized carbons (Fsp3) is 1.00. The first-order valence-electron chi connectivity index (χ1n) is 6.26. The average molecular weight is 198 g/mol. The SMILES string of the molecule is CCC(CC)CN1CCNCC1CC. The molecule has 0 aliphatic carbocycles. The third-order valence-electron chi connectivity index (χ3n) is 3.59. The molecule has 84 valence electrons. The number of nitrogens with zero attached hydrogens (tertiary/aromatic N) is 1. The second-order valence-electron chi connectivity index (χ2n) is 4.44. The molecule has 1 N–H and O–H groups in total. The monoisotopic (exact) mass is 198 g/mol. The van der Waals surface area contributed by atoms with Gasteiger partial charge < -0.3 is 5.32 Å². The van der Waals surface area contributed by atoms with Crippen molar-refractivity contribution in [3.8, 4) is 0 Å². The molecule has 1 fully saturated rings. The van der Waals surface area contributed by atoms with Crippen LogP contribution in [0, 0.1) is 5.92 Å². The Kier molecular flexibility index (Phi) is 5.49. The molecule has 1 aliphatic rings. The second kappa shape index (κ2) is 6.41. The lowest BCUT2D eigenvalue weighted by atomic mass is 10.0. The largest absolute Gasteiger partial charge is 0.314 e. The van der Waals surface area contributed by atoms with Gasteiger partial charge in [-0.3, -0.25) is 4.90 Å². The van der Waals surface area contributed by atoms with Crippen molar-refractivity contribution in [2.75, 3.05) is 26.2 Å². The number of hydrogen-bond acceptors (Lipinski definition) is 2. The van der Waals surface area contributed by atoms with E-state index in [1.807, 2.05) is 0 Å². The minimum Gasteiger partial charge on any atom is -0.314 e. The second-order valence-corrected chi connectivity index (χ2v) is 4.44. The van der Waals surface area contributed by atoms with Gasteiger partial charge in [0.1, 0.15) is 0 Å². The summed E-state index contributed by atoms with van der Waals surface area (Å²) >= 11 is 0. The maximum Gasteiger partial charge on any atom is 0.0218 e. The number of piperazine rings is 1. The number of rotatable bonds is 5. The molecule has 2 nitrogen and oxygen atoms in total. The molecule has 0 amide bonds. The lowest BCUT2D eigenvalue weighted by molar-refractivity contribution is 0.130. The van der Waals surface area contributed by atoms with E-state index >= 15 is 0 Å². The summed E-state index contributed by atoms with van der Waals surface area (Å²) in [5.74, 6) is 0.905. The molecule has 0 radical (unpaired) electrons. The fourth-order valence-electron chi connectivity index (χ4n) is 2.32. The fourth-order valence-corrected chi connectivity index (χ4v) is 2.32. The van der Waals surface area contributed by atoms with Gasteiger partial charge in [0.15, 0.2) is 0 Å². The Balaban J connectivity index is 2.39. The minimum atomic E-state index is 0.782. The van der Waals surface area contributed by atoms with E-state index in [0.717, 1.165) is 12.0 Å². The van der Waals surface area contributed by atoms with E-state index in [0.29, 0.717) is 0 Å². The Bertz CT molecular complexity index is 143. The summed E-state index contributed by atoms with van der Waals surface area (Å²) in [6, 6.07) is 0.782. The summed E-state index contributed by atoms with van der Waals surface area (Å²) in [6.45, 7) is 11.9. The Labute approximate surface area is 89.1 Å². The van der Waals surface area contributed by atoms with Crippen LogP contribution in [0.4, 0.5) is 0 Å². The van der Waals surface area contributed by atoms with Gasteiger partial charge in [-0.25, -0.2) is 0 Å². The molecule has 1 atom stereocenters. The van der Waals surface area contributed by atoms with Crippen LogP contribution in [0.15, 0.2) is 0 Å². The predicted molar refractivity (Wildman–Crippen MR) is 62.6 cm³/mol. The molecule has 0 aromatic carbocycles. The summed E-state index contributed by atoms with van der Waals surface area (Å²) in [5.41, 5.74) is 0. The third kappa shape index (κ3) is 3.25. The van der Waals surface area contributed by atoms with E-state index in [1.165, 1.54) is 45.4 Å². The first-order chi connectivity index (χ1) is 6.81. The molecule has 14 heavy (non-hydrogen) atoms. The molecule has 1 rings (SSSR count). The molecule has 0 spiro atoms. The van der Waals surface area contributed by atoms with Crippen molar-refractivity contribution in [2.45, 2.75) is 46.1 Å². The van der Waals surface area contributed by atoms with Crippen LogP contribution in [0.2, 0.25) is 0 Å². The normalized spacial score (nSPS) is 24.4. The molecule has 0 aromatic rings. The molecular formula is C12H26N2. The van der Waals surface area contributed by atoms with Gasteiger partial charge in [0.05, 0.1) is 0 Å². The number of nitrogens with one attached hydrogen (secondary N) is 1. The maximum absolute atomic E-state index is 3.48. The highest BCUT2D eigenvalue weighted by Crippen LogP contribution is 2.14. The van der Waals surface area contributed by atoms with E-state index in [1.54, 1.807) is 0 Å². The minimum absolute atomic E-state index is 0.782. The van der Waals surface area contributed by atoms with Gasteiger partial charge in [-0.15, -0.1) is 0 Å². The highest BCUT2D eigenvalue weighted by molar-refractivity contribution is 4.79. The molecular weight excluding hydrogens is 172 g/mol. The number of hydrogen-bond donors (Lipinski definition) is 1. The Morgan fingerprint density at radius 3 is 2.57 bits per heavy atom. The topological polar surface area (TPSA) is 15.3 Å². The first kappa shape index (κ1) is 12.0. The van der Waals surface area contributed by atoms with E-state index in [2.05, 4.69) is 31.0 Å². The summed E-state index contributed by atoms with van der Waals surface area (Å²) in [6.07, 6.45) is 3.95. The van der Waals surface area contributed by atoms with Gasteiger partial charge in [-0.05, 0) is 12.3 Å². The van der Waals surface area contributed by atoms with Crippen LogP contribution in [-0.2, 0) is 0 Å². The molecule has 2 heteroatoms. The molecule has 1 heterocycles. The van der Waals surface area contributed by atoms with Crippen LogP contribution in [-0.4, -0.2) is 37.1 Å². The standard InChI is InChI=1S/C12H26N2/c1-4-11(5-2)10-14-8-7-13-9-12(14)6-3/h11-13H,4-10H2,1-3H3. The zero-order valence-electron chi connectivity index (χ0n) is 10.1. The lowest BCUT2D eigenvalue weighted by Gasteiger charge is -2.37. The van der Waals surface area contributed by atoms with E-state index in [4.69, 9.17) is 0 Å². The third-order valence-corrected chi connectivity index (χ3v) is 3.59. The van der Waals surface area contributed by atoms with Crippen molar-refractivity contribution in [2.24, 2.45) is 5.92 Å². The average Bonchev–Trinajstić information content (AvgIpc) is 2.26. The van der Waals surface area contributed by atoms with Gasteiger partial charge in [0.25, 0.3) is 0 Å². The van der Waals surface area contributed by atoms with Crippen molar-refractivity contribution in [1.29, 1.82) is 0 Å². The lowest BCUT2D eigenvalue weighted by Crippen LogP contribution is -2.52. The molecule has 1 saturated heterocycles. The zero-order valence-corrected chi connectivity index (χ0v) is 10.1. The van der Waals surface area contributed by atoms with Crippen molar-refractivity contribution >= 4 is 0 Å². The van der Waals surface area contributed by atoms with Crippen molar-refractivity contribution in [3.63, 3.8) is 0 Å². The quantitative estimate of drug-likeness (QED) is 0.728. The Morgan fingerprint density at radius 2 is 2.00 bits per heavy atom. The van der Waals surface area contributed by atoms with Crippen molar-refractivity contribution in [3.05, 3.63) is 0 Å². The van der Waals surface area contributed by atoms with Crippen molar-refractivity contribution in [1.82, 2.24) is 10.2 Å². The van der Waals surface area contributed by atoms with Crippen molar-refractivity contribution < 1.29 is 0 Å². The summed E-state index contributed by atoms with van der Waals surface area (Å²) in [4.78, 5) is 2.69. The zero-order chi connectivity index (χ0) is 10.4. The highest BCUT2D eigenvalue weighted by atomic mass is 15.2. The molecule has 0 aromatic heterocycles. The van der Waals surface area contributed by atoms with Crippen LogP contribution in [0.25, 0.3) is 0 Å². The Hall–Kier alpha value is -0.0800. The van der Waals surface area contributed by atoms with Gasteiger partial charge in [0.2, 0.25) is 0 Å². The molecule has 0 saturated carbocycles. The van der Waals surface area contributed by atoms with Gasteiger partial charge in [-0.2, -0.15) is 0 Å². The first-order valence-corrected chi connectivity index (χ1v) is 6.26. The molecule has 1 unspecified atom stereocenters. The van der Waals surface area contributed by atoms with Crippen LogP contribution in [0.5, 0.6) is 0 Å². The summed E-state index contributed by atoms with van der Waals surface area (Å²) in [7, 11) is 0. The van der Waals surface area contributed by atoms with E-state index in [9.17, 15) is 0 Å². The Morgan fingerprint density at radius 1 is 1.29 bits per heavy atom. The predicted octanol–water partition coefficient (Wildman–Crippen LogP) is 2.11. The van der Waals surface area contributed by atoms with E-state index < -0.39 is 0 Å². The molecule has 1 aliphatic heterocycles. The molecule has 0 bridgehead atoms. The smallest absolute Gasteiger partial charge is 0.0218 e. The van der Waals surface area contributed by atoms with E-state index in [-0.39, 0.29) is 0 Å². The van der Waals surface area contributed by atoms with Gasteiger partial charge >= 0.3 is 0 Å². The summed E-state index contributed by atoms with van der Waals surface area (Å²) < 4.78 is 0. The van der Waals surface area contributed by atoms with Gasteiger partial charge in [0, 0.05) is 32.2 Å². The van der Waals surface area contributed by atoms with Crippen LogP contribution >= 0.6 is 0 Å². The van der Waals surface area contributed by atoms with Gasteiger partial charge in [-0.1, -0.05) is 33.6 Å². The van der Waals surface area contributed by atoms with Crippen LogP contribution in [0.3, 0.4) is 0 Å². The van der Waals surface area contributed by atoms with Crippen LogP contribution < -0.4 is 5.32 Å². The van der Waals surface area contributed by atoms with Crippen LogP contribution in [0.1, 0.15) is 40.0 Å². The highest BCUT2D eigenvalue weighted by Gasteiger charge is 2.21. The summed E-state index contributed by atoms with van der Waals surface area (Å²) in [5, 5.41) is 3.48.